The third kappa shape index (κ3) is 7.64. The number of unbranched alkanes of at least 4 members (excludes halogenated alkanes) is 9. The minimum atomic E-state index is -3.00. The summed E-state index contributed by atoms with van der Waals surface area (Å²) in [5, 5.41) is 1.56. The van der Waals surface area contributed by atoms with E-state index in [-0.39, 0.29) is 0 Å². The van der Waals surface area contributed by atoms with E-state index in [0.717, 1.165) is 23.5 Å². The van der Waals surface area contributed by atoms with Crippen LogP contribution in [0.3, 0.4) is 0 Å². The lowest BCUT2D eigenvalue weighted by Gasteiger charge is -2.19. The van der Waals surface area contributed by atoms with Gasteiger partial charge in [-0.2, -0.15) is 0 Å². The Kier molecular flexibility index (Phi) is 10.5. The zero-order valence-electron chi connectivity index (χ0n) is 16.8. The Morgan fingerprint density at radius 1 is 0.630 bits per heavy atom. The lowest BCUT2D eigenvalue weighted by Crippen LogP contribution is -2.18. The fourth-order valence-electron chi connectivity index (χ4n) is 3.33. The molecule has 2 aromatic carbocycles. The van der Waals surface area contributed by atoms with Crippen LogP contribution in [0.4, 0.5) is 0 Å². The summed E-state index contributed by atoms with van der Waals surface area (Å²) in [4.78, 5) is 0. The Morgan fingerprint density at radius 3 is 1.48 bits per heavy atom. The largest absolute Gasteiger partial charge is 0.322 e. The number of hydrogen-bond donors (Lipinski definition) is 0. The van der Waals surface area contributed by atoms with Crippen LogP contribution in [0.5, 0.6) is 0 Å². The molecule has 27 heavy (non-hydrogen) atoms. The van der Waals surface area contributed by atoms with E-state index >= 15 is 0 Å². The Bertz CT molecular complexity index is 611. The molecule has 0 aliphatic rings. The fraction of sp³-hybridized carbons (Fsp3) is 0.500. The highest BCUT2D eigenvalue weighted by Gasteiger charge is 2.27. The highest BCUT2D eigenvalue weighted by atomic mass is 31.2. The summed E-state index contributed by atoms with van der Waals surface area (Å²) < 4.78 is 19.7. The van der Waals surface area contributed by atoms with Crippen molar-refractivity contribution in [3.05, 3.63) is 60.7 Å². The summed E-state index contributed by atoms with van der Waals surface area (Å²) in [7, 11) is -3.00. The third-order valence-corrected chi connectivity index (χ3v) is 7.47. The molecule has 0 aliphatic carbocycles. The van der Waals surface area contributed by atoms with E-state index in [4.69, 9.17) is 4.52 Å². The normalized spacial score (nSPS) is 11.6. The Labute approximate surface area is 165 Å². The van der Waals surface area contributed by atoms with Crippen LogP contribution < -0.4 is 10.6 Å². The van der Waals surface area contributed by atoms with Crippen LogP contribution in [0, 0.1) is 0 Å². The first-order valence-corrected chi connectivity index (χ1v) is 12.3. The van der Waals surface area contributed by atoms with Crippen molar-refractivity contribution >= 4 is 18.0 Å². The quantitative estimate of drug-likeness (QED) is 0.262. The van der Waals surface area contributed by atoms with Crippen LogP contribution in [0.25, 0.3) is 0 Å². The minimum Gasteiger partial charge on any atom is -0.322 e. The smallest absolute Gasteiger partial charge is 0.261 e. The van der Waals surface area contributed by atoms with Crippen LogP contribution >= 0.6 is 7.37 Å². The monoisotopic (exact) mass is 386 g/mol. The van der Waals surface area contributed by atoms with Crippen LogP contribution in [-0.2, 0) is 9.09 Å². The zero-order valence-corrected chi connectivity index (χ0v) is 17.7. The lowest BCUT2D eigenvalue weighted by atomic mass is 10.1. The van der Waals surface area contributed by atoms with Gasteiger partial charge in [0, 0.05) is 10.6 Å². The predicted molar refractivity (Wildman–Crippen MR) is 118 cm³/mol. The predicted octanol–water partition coefficient (Wildman–Crippen LogP) is 6.85. The number of benzene rings is 2. The van der Waals surface area contributed by atoms with E-state index in [1.165, 1.54) is 51.4 Å². The molecule has 0 bridgehead atoms. The van der Waals surface area contributed by atoms with Gasteiger partial charge in [-0.25, -0.2) is 0 Å². The molecule has 0 fully saturated rings. The van der Waals surface area contributed by atoms with Gasteiger partial charge < -0.3 is 4.52 Å². The first-order chi connectivity index (χ1) is 13.3. The molecule has 0 aromatic heterocycles. The maximum absolute atomic E-state index is 13.7. The molecule has 3 heteroatoms. The third-order valence-electron chi connectivity index (χ3n) is 4.96. The molecule has 0 saturated carbocycles. The lowest BCUT2D eigenvalue weighted by molar-refractivity contribution is 0.313. The molecule has 0 unspecified atom stereocenters. The summed E-state index contributed by atoms with van der Waals surface area (Å²) in [5.41, 5.74) is 0. The molecule has 2 nitrogen and oxygen atoms in total. The molecule has 0 atom stereocenters. The fourth-order valence-corrected chi connectivity index (χ4v) is 5.44. The second-order valence-electron chi connectivity index (χ2n) is 7.24. The number of hydrogen-bond acceptors (Lipinski definition) is 2. The molecule has 0 saturated heterocycles. The van der Waals surface area contributed by atoms with Crippen molar-refractivity contribution in [3.8, 4) is 0 Å². The molecule has 0 spiro atoms. The molecule has 0 heterocycles. The van der Waals surface area contributed by atoms with Gasteiger partial charge in [0.1, 0.15) is 0 Å². The topological polar surface area (TPSA) is 26.3 Å². The van der Waals surface area contributed by atoms with Crippen LogP contribution in [-0.4, -0.2) is 6.61 Å². The van der Waals surface area contributed by atoms with E-state index < -0.39 is 7.37 Å². The van der Waals surface area contributed by atoms with Gasteiger partial charge in [0.25, 0.3) is 7.37 Å². The van der Waals surface area contributed by atoms with E-state index in [1.54, 1.807) is 0 Å². The van der Waals surface area contributed by atoms with Crippen molar-refractivity contribution in [2.24, 2.45) is 0 Å². The summed E-state index contributed by atoms with van der Waals surface area (Å²) >= 11 is 0. The minimum absolute atomic E-state index is 0.553. The van der Waals surface area contributed by atoms with Crippen molar-refractivity contribution in [1.29, 1.82) is 0 Å². The van der Waals surface area contributed by atoms with E-state index in [9.17, 15) is 4.57 Å². The first-order valence-electron chi connectivity index (χ1n) is 10.6. The van der Waals surface area contributed by atoms with E-state index in [1.807, 2.05) is 60.7 Å². The zero-order chi connectivity index (χ0) is 19.2. The van der Waals surface area contributed by atoms with Gasteiger partial charge in [-0.05, 0) is 30.7 Å². The van der Waals surface area contributed by atoms with Gasteiger partial charge in [-0.1, -0.05) is 101 Å². The summed E-state index contributed by atoms with van der Waals surface area (Å²) in [6.07, 6.45) is 12.9. The van der Waals surface area contributed by atoms with Crippen LogP contribution in [0.1, 0.15) is 71.1 Å². The van der Waals surface area contributed by atoms with Crippen molar-refractivity contribution in [3.63, 3.8) is 0 Å². The molecular weight excluding hydrogens is 351 g/mol. The van der Waals surface area contributed by atoms with Gasteiger partial charge >= 0.3 is 0 Å². The molecule has 2 aromatic rings. The van der Waals surface area contributed by atoms with Crippen molar-refractivity contribution in [2.75, 3.05) is 6.61 Å². The molecule has 0 aliphatic heterocycles. The first kappa shape index (κ1) is 21.9. The maximum atomic E-state index is 13.7. The van der Waals surface area contributed by atoms with Crippen molar-refractivity contribution in [1.82, 2.24) is 0 Å². The van der Waals surface area contributed by atoms with Gasteiger partial charge in [0.15, 0.2) is 0 Å². The second-order valence-corrected chi connectivity index (χ2v) is 9.63. The Morgan fingerprint density at radius 2 is 1.04 bits per heavy atom. The average Bonchev–Trinajstić information content (AvgIpc) is 2.73. The molecule has 0 amide bonds. The van der Waals surface area contributed by atoms with Crippen LogP contribution in [0.2, 0.25) is 0 Å². The Balaban J connectivity index is 1.74. The van der Waals surface area contributed by atoms with Crippen molar-refractivity contribution < 1.29 is 9.09 Å². The number of rotatable bonds is 14. The summed E-state index contributed by atoms with van der Waals surface area (Å²) in [6, 6.07) is 19.2. The van der Waals surface area contributed by atoms with Gasteiger partial charge in [0.2, 0.25) is 0 Å². The highest BCUT2D eigenvalue weighted by molar-refractivity contribution is 7.74. The van der Waals surface area contributed by atoms with Gasteiger partial charge in [-0.15, -0.1) is 0 Å². The average molecular weight is 387 g/mol. The molecule has 0 radical (unpaired) electrons. The van der Waals surface area contributed by atoms with Crippen LogP contribution in [0.15, 0.2) is 60.7 Å². The van der Waals surface area contributed by atoms with Gasteiger partial charge in [0.05, 0.1) is 6.61 Å². The molecule has 0 N–H and O–H groups in total. The van der Waals surface area contributed by atoms with E-state index in [0.29, 0.717) is 6.61 Å². The van der Waals surface area contributed by atoms with Gasteiger partial charge in [-0.3, -0.25) is 4.57 Å². The van der Waals surface area contributed by atoms with E-state index in [2.05, 4.69) is 6.92 Å². The SMILES string of the molecule is CCCCCCCCCCCCOP(=O)(c1ccccc1)c1ccccc1. The maximum Gasteiger partial charge on any atom is 0.261 e. The molecule has 148 valence electrons. The summed E-state index contributed by atoms with van der Waals surface area (Å²) in [6.45, 7) is 2.81. The summed E-state index contributed by atoms with van der Waals surface area (Å²) in [5.74, 6) is 0. The molecule has 2 rings (SSSR count). The molecular formula is C24H35O2P. The van der Waals surface area contributed by atoms with Crippen molar-refractivity contribution in [2.45, 2.75) is 71.1 Å². The second kappa shape index (κ2) is 12.9. The Hall–Kier alpha value is -1.37. The standard InChI is InChI=1S/C24H35O2P/c1-2-3-4-5-6-7-8-9-10-17-22-26-27(25,23-18-13-11-14-19-23)24-20-15-12-16-21-24/h11-16,18-21H,2-10,17,22H2,1H3. The highest BCUT2D eigenvalue weighted by Crippen LogP contribution is 2.44.